The van der Waals surface area contributed by atoms with E-state index >= 15 is 0 Å². The monoisotopic (exact) mass is 244 g/mol. The molecular formula is C18H12O. The van der Waals surface area contributed by atoms with E-state index in [1.54, 1.807) is 0 Å². The Bertz CT molecular complexity index is 843. The summed E-state index contributed by atoms with van der Waals surface area (Å²) in [5.74, 6) is 0.167. The highest BCUT2D eigenvalue weighted by atomic mass is 16.1. The van der Waals surface area contributed by atoms with E-state index in [0.29, 0.717) is 0 Å². The number of rotatable bonds is 0. The summed E-state index contributed by atoms with van der Waals surface area (Å²) < 4.78 is 0. The van der Waals surface area contributed by atoms with Crippen molar-refractivity contribution in [2.75, 3.05) is 0 Å². The van der Waals surface area contributed by atoms with Crippen LogP contribution in [0.1, 0.15) is 21.5 Å². The highest BCUT2D eigenvalue weighted by Crippen LogP contribution is 2.41. The first-order valence-electron chi connectivity index (χ1n) is 6.44. The molecule has 0 aliphatic heterocycles. The third kappa shape index (κ3) is 1.27. The van der Waals surface area contributed by atoms with E-state index in [-0.39, 0.29) is 5.78 Å². The molecule has 0 radical (unpaired) electrons. The minimum absolute atomic E-state index is 0.167. The minimum Gasteiger partial charge on any atom is -0.289 e. The zero-order valence-corrected chi connectivity index (χ0v) is 10.6. The van der Waals surface area contributed by atoms with E-state index in [1.807, 2.05) is 43.3 Å². The Hall–Kier alpha value is -2.41. The van der Waals surface area contributed by atoms with Crippen molar-refractivity contribution in [2.24, 2.45) is 0 Å². The van der Waals surface area contributed by atoms with Gasteiger partial charge in [0.15, 0.2) is 5.78 Å². The molecule has 0 fully saturated rings. The van der Waals surface area contributed by atoms with E-state index in [0.717, 1.165) is 38.6 Å². The molecule has 4 rings (SSSR count). The zero-order chi connectivity index (χ0) is 13.0. The van der Waals surface area contributed by atoms with Gasteiger partial charge < -0.3 is 0 Å². The van der Waals surface area contributed by atoms with E-state index < -0.39 is 0 Å². The maximum atomic E-state index is 12.7. The first-order chi connectivity index (χ1) is 9.27. The van der Waals surface area contributed by atoms with Crippen LogP contribution in [-0.2, 0) is 0 Å². The Kier molecular flexibility index (Phi) is 1.96. The van der Waals surface area contributed by atoms with E-state index in [9.17, 15) is 4.79 Å². The molecule has 0 bridgehead atoms. The van der Waals surface area contributed by atoms with E-state index in [4.69, 9.17) is 0 Å². The van der Waals surface area contributed by atoms with Crippen molar-refractivity contribution >= 4 is 16.6 Å². The number of hydrogen-bond donors (Lipinski definition) is 0. The molecular weight excluding hydrogens is 232 g/mol. The number of benzene rings is 3. The molecule has 1 aliphatic rings. The Morgan fingerprint density at radius 3 is 2.42 bits per heavy atom. The van der Waals surface area contributed by atoms with Gasteiger partial charge in [-0.25, -0.2) is 0 Å². The lowest BCUT2D eigenvalue weighted by molar-refractivity contribution is 0.104. The maximum absolute atomic E-state index is 12.7. The number of fused-ring (bicyclic) bond motifs is 5. The maximum Gasteiger partial charge on any atom is 0.195 e. The van der Waals surface area contributed by atoms with Gasteiger partial charge in [-0.3, -0.25) is 4.79 Å². The Morgan fingerprint density at radius 2 is 1.53 bits per heavy atom. The molecule has 19 heavy (non-hydrogen) atoms. The summed E-state index contributed by atoms with van der Waals surface area (Å²) in [5, 5.41) is 2.18. The van der Waals surface area contributed by atoms with E-state index in [1.165, 1.54) is 0 Å². The molecule has 0 spiro atoms. The SMILES string of the molecule is Cc1cccc2c1C(=O)c1c-2ccc2ccccc12. The van der Waals surface area contributed by atoms with Crippen LogP contribution in [-0.4, -0.2) is 5.78 Å². The van der Waals surface area contributed by atoms with Crippen molar-refractivity contribution in [3.63, 3.8) is 0 Å². The Balaban J connectivity index is 2.18. The van der Waals surface area contributed by atoms with Crippen LogP contribution < -0.4 is 0 Å². The lowest BCUT2D eigenvalue weighted by Gasteiger charge is -2.04. The molecule has 0 N–H and O–H groups in total. The summed E-state index contributed by atoms with van der Waals surface area (Å²) in [5.41, 5.74) is 4.94. The van der Waals surface area contributed by atoms with Crippen LogP contribution in [0, 0.1) is 6.92 Å². The second-order valence-electron chi connectivity index (χ2n) is 5.04. The van der Waals surface area contributed by atoms with Crippen LogP contribution in [0.2, 0.25) is 0 Å². The molecule has 0 atom stereocenters. The van der Waals surface area contributed by atoms with Gasteiger partial charge in [-0.2, -0.15) is 0 Å². The second kappa shape index (κ2) is 3.55. The van der Waals surface area contributed by atoms with Gasteiger partial charge in [0, 0.05) is 11.1 Å². The number of hydrogen-bond acceptors (Lipinski definition) is 1. The molecule has 0 saturated carbocycles. The molecule has 3 aromatic rings. The smallest absolute Gasteiger partial charge is 0.195 e. The van der Waals surface area contributed by atoms with Crippen LogP contribution >= 0.6 is 0 Å². The summed E-state index contributed by atoms with van der Waals surface area (Å²) in [6.45, 7) is 2.00. The van der Waals surface area contributed by atoms with Gasteiger partial charge in [-0.1, -0.05) is 54.6 Å². The normalized spacial score (nSPS) is 12.6. The lowest BCUT2D eigenvalue weighted by Crippen LogP contribution is -1.98. The first-order valence-corrected chi connectivity index (χ1v) is 6.44. The summed E-state index contributed by atoms with van der Waals surface area (Å²) >= 11 is 0. The first kappa shape index (κ1) is 10.5. The van der Waals surface area contributed by atoms with Gasteiger partial charge in [-0.05, 0) is 34.4 Å². The minimum atomic E-state index is 0.167. The van der Waals surface area contributed by atoms with Crippen LogP contribution in [0.4, 0.5) is 0 Å². The highest BCUT2D eigenvalue weighted by molar-refractivity contribution is 6.27. The van der Waals surface area contributed by atoms with Crippen molar-refractivity contribution in [1.82, 2.24) is 0 Å². The molecule has 1 nitrogen and oxygen atoms in total. The van der Waals surface area contributed by atoms with E-state index in [2.05, 4.69) is 18.2 Å². The van der Waals surface area contributed by atoms with Crippen LogP contribution in [0.25, 0.3) is 21.9 Å². The zero-order valence-electron chi connectivity index (χ0n) is 10.6. The van der Waals surface area contributed by atoms with Gasteiger partial charge in [0.1, 0.15) is 0 Å². The van der Waals surface area contributed by atoms with Crippen molar-refractivity contribution in [1.29, 1.82) is 0 Å². The third-order valence-corrected chi connectivity index (χ3v) is 3.95. The highest BCUT2D eigenvalue weighted by Gasteiger charge is 2.29. The molecule has 90 valence electrons. The summed E-state index contributed by atoms with van der Waals surface area (Å²) in [6.07, 6.45) is 0. The fourth-order valence-corrected chi connectivity index (χ4v) is 3.06. The topological polar surface area (TPSA) is 17.1 Å². The van der Waals surface area contributed by atoms with Gasteiger partial charge in [0.2, 0.25) is 0 Å². The van der Waals surface area contributed by atoms with Gasteiger partial charge in [-0.15, -0.1) is 0 Å². The van der Waals surface area contributed by atoms with Crippen LogP contribution in [0.15, 0.2) is 54.6 Å². The lowest BCUT2D eigenvalue weighted by atomic mass is 9.99. The molecule has 0 unspecified atom stereocenters. The Morgan fingerprint density at radius 1 is 0.737 bits per heavy atom. The molecule has 1 aliphatic carbocycles. The van der Waals surface area contributed by atoms with Crippen molar-refractivity contribution in [3.8, 4) is 11.1 Å². The third-order valence-electron chi connectivity index (χ3n) is 3.95. The van der Waals surface area contributed by atoms with Gasteiger partial charge >= 0.3 is 0 Å². The van der Waals surface area contributed by atoms with Gasteiger partial charge in [0.25, 0.3) is 0 Å². The number of ketones is 1. The largest absolute Gasteiger partial charge is 0.289 e. The van der Waals surface area contributed by atoms with Crippen molar-refractivity contribution < 1.29 is 4.79 Å². The number of carbonyl (C=O) groups is 1. The van der Waals surface area contributed by atoms with Crippen LogP contribution in [0.5, 0.6) is 0 Å². The average molecular weight is 244 g/mol. The summed E-state index contributed by atoms with van der Waals surface area (Å²) in [4.78, 5) is 12.7. The molecule has 0 heterocycles. The quantitative estimate of drug-likeness (QED) is 0.449. The van der Waals surface area contributed by atoms with Crippen molar-refractivity contribution in [3.05, 3.63) is 71.3 Å². The standard InChI is InChI=1S/C18H12O/c1-11-5-4-8-14-15-10-9-12-6-2-3-7-13(12)17(15)18(19)16(11)14/h2-10H,1H3. The van der Waals surface area contributed by atoms with Crippen molar-refractivity contribution in [2.45, 2.75) is 6.92 Å². The molecule has 1 heteroatoms. The Labute approximate surface area is 111 Å². The van der Waals surface area contributed by atoms with Crippen LogP contribution in [0.3, 0.4) is 0 Å². The molecule has 0 saturated heterocycles. The second-order valence-corrected chi connectivity index (χ2v) is 5.04. The fourth-order valence-electron chi connectivity index (χ4n) is 3.06. The molecule has 0 amide bonds. The summed E-state index contributed by atoms with van der Waals surface area (Å²) in [6, 6.07) is 18.3. The average Bonchev–Trinajstić information content (AvgIpc) is 2.74. The van der Waals surface area contributed by atoms with Gasteiger partial charge in [0.05, 0.1) is 0 Å². The number of aryl methyl sites for hydroxylation is 1. The molecule has 0 aromatic heterocycles. The molecule has 3 aromatic carbocycles. The predicted octanol–water partition coefficient (Wildman–Crippen LogP) is 4.36. The summed E-state index contributed by atoms with van der Waals surface area (Å²) in [7, 11) is 0. The fraction of sp³-hybridized carbons (Fsp3) is 0.0556. The predicted molar refractivity (Wildman–Crippen MR) is 77.6 cm³/mol. The number of carbonyl (C=O) groups excluding carboxylic acids is 1.